The average Bonchev–Trinajstić information content (AvgIpc) is 3.20. The fourth-order valence-corrected chi connectivity index (χ4v) is 3.05. The van der Waals surface area contributed by atoms with Crippen LogP contribution in [0, 0.1) is 12.7 Å². The van der Waals surface area contributed by atoms with Crippen LogP contribution in [0.2, 0.25) is 0 Å². The molecule has 0 saturated carbocycles. The lowest BCUT2D eigenvalue weighted by Crippen LogP contribution is -2.37. The number of guanidine groups is 1. The number of amides is 1. The summed E-state index contributed by atoms with van der Waals surface area (Å²) in [7, 11) is 0. The van der Waals surface area contributed by atoms with Crippen LogP contribution in [0.4, 0.5) is 17.6 Å². The van der Waals surface area contributed by atoms with Gasteiger partial charge >= 0.3 is 6.18 Å². The Balaban J connectivity index is 1.49. The fraction of sp³-hybridized carbons (Fsp3) is 0.273. The van der Waals surface area contributed by atoms with E-state index >= 15 is 0 Å². The molecule has 11 heteroatoms. The maximum atomic E-state index is 13.9. The number of hydrazone groups is 1. The predicted octanol–water partition coefficient (Wildman–Crippen LogP) is 3.43. The molecule has 1 amide bonds. The van der Waals surface area contributed by atoms with Crippen molar-refractivity contribution < 1.29 is 27.1 Å². The Morgan fingerprint density at radius 3 is 2.52 bits per heavy atom. The molecule has 0 atom stereocenters. The molecular formula is C22H19F4N5O2. The fourth-order valence-electron chi connectivity index (χ4n) is 3.05. The van der Waals surface area contributed by atoms with Gasteiger partial charge in [0.2, 0.25) is 5.96 Å². The maximum Gasteiger partial charge on any atom is 0.416 e. The minimum absolute atomic E-state index is 0.0206. The highest BCUT2D eigenvalue weighted by Crippen LogP contribution is 2.29. The summed E-state index contributed by atoms with van der Waals surface area (Å²) in [6.07, 6.45) is -4.25. The third kappa shape index (κ3) is 5.43. The topological polar surface area (TPSA) is 87.4 Å². The van der Waals surface area contributed by atoms with E-state index in [9.17, 15) is 22.4 Å². The molecule has 0 unspecified atom stereocenters. The number of nitrogens with one attached hydrogen (secondary N) is 2. The zero-order chi connectivity index (χ0) is 23.6. The van der Waals surface area contributed by atoms with Crippen LogP contribution in [0.5, 0.6) is 0 Å². The van der Waals surface area contributed by atoms with Gasteiger partial charge < -0.3 is 4.74 Å². The van der Waals surface area contributed by atoms with Gasteiger partial charge in [0.05, 0.1) is 30.9 Å². The van der Waals surface area contributed by atoms with Crippen molar-refractivity contribution in [3.63, 3.8) is 0 Å². The van der Waals surface area contributed by atoms with E-state index in [4.69, 9.17) is 4.74 Å². The Morgan fingerprint density at radius 2 is 1.91 bits per heavy atom. The first kappa shape index (κ1) is 22.6. The molecule has 2 aliphatic heterocycles. The number of ether oxygens (including phenoxy) is 1. The number of carbonyl (C=O) groups is 1. The smallest absolute Gasteiger partial charge is 0.377 e. The summed E-state index contributed by atoms with van der Waals surface area (Å²) < 4.78 is 57.2. The highest BCUT2D eigenvalue weighted by molar-refractivity contribution is 6.18. The second-order valence-electron chi connectivity index (χ2n) is 7.54. The van der Waals surface area contributed by atoms with Crippen molar-refractivity contribution in [3.05, 3.63) is 70.5 Å². The van der Waals surface area contributed by atoms with Crippen molar-refractivity contribution in [2.45, 2.75) is 25.6 Å². The van der Waals surface area contributed by atoms with Crippen LogP contribution >= 0.6 is 0 Å². The van der Waals surface area contributed by atoms with Crippen molar-refractivity contribution in [3.8, 4) is 0 Å². The minimum atomic E-state index is -4.50. The van der Waals surface area contributed by atoms with Crippen LogP contribution in [0.25, 0.3) is 0 Å². The number of carbonyl (C=O) groups excluding carboxylic acids is 1. The second-order valence-corrected chi connectivity index (χ2v) is 7.54. The van der Waals surface area contributed by atoms with Crippen molar-refractivity contribution in [1.82, 2.24) is 10.7 Å². The van der Waals surface area contributed by atoms with E-state index in [2.05, 4.69) is 25.8 Å². The van der Waals surface area contributed by atoms with E-state index in [1.165, 1.54) is 6.07 Å². The van der Waals surface area contributed by atoms with E-state index in [0.29, 0.717) is 35.9 Å². The number of nitrogens with zero attached hydrogens (tertiary/aromatic N) is 3. The van der Waals surface area contributed by atoms with Gasteiger partial charge in [-0.2, -0.15) is 23.3 Å². The van der Waals surface area contributed by atoms with Gasteiger partial charge in [0, 0.05) is 11.1 Å². The maximum absolute atomic E-state index is 13.9. The number of amidine groups is 1. The van der Waals surface area contributed by atoms with Crippen LogP contribution in [0.3, 0.4) is 0 Å². The number of hydrogen-bond acceptors (Lipinski definition) is 4. The number of aliphatic imine (C=N–C) groups is 2. The van der Waals surface area contributed by atoms with Crippen LogP contribution < -0.4 is 10.7 Å². The molecule has 2 aliphatic rings. The summed E-state index contributed by atoms with van der Waals surface area (Å²) in [5.41, 5.74) is 3.58. The summed E-state index contributed by atoms with van der Waals surface area (Å²) in [4.78, 5) is 21.2. The molecule has 0 radical (unpaired) electrons. The van der Waals surface area contributed by atoms with Gasteiger partial charge in [0.1, 0.15) is 17.7 Å². The third-order valence-electron chi connectivity index (χ3n) is 5.03. The number of aryl methyl sites for hydroxylation is 1. The highest BCUT2D eigenvalue weighted by atomic mass is 19.4. The molecule has 2 N–H and O–H groups in total. The van der Waals surface area contributed by atoms with E-state index in [-0.39, 0.29) is 29.8 Å². The molecule has 0 bridgehead atoms. The largest absolute Gasteiger partial charge is 0.416 e. The van der Waals surface area contributed by atoms with Crippen molar-refractivity contribution >= 4 is 23.4 Å². The zero-order valence-electron chi connectivity index (χ0n) is 17.4. The van der Waals surface area contributed by atoms with Gasteiger partial charge in [0.15, 0.2) is 0 Å². The van der Waals surface area contributed by atoms with Gasteiger partial charge in [-0.25, -0.2) is 9.38 Å². The summed E-state index contributed by atoms with van der Waals surface area (Å²) in [5, 5.41) is 6.69. The Kier molecular flexibility index (Phi) is 6.23. The SMILES string of the molecule is Cc1ccc(C2=NNC(=NC(=NC3COC3)NC(=O)c3ccc(C(F)(F)F)cc3)C2)cc1F. The molecule has 2 aromatic carbocycles. The van der Waals surface area contributed by atoms with Gasteiger partial charge in [0.25, 0.3) is 5.91 Å². The molecule has 33 heavy (non-hydrogen) atoms. The minimum Gasteiger partial charge on any atom is -0.377 e. The third-order valence-corrected chi connectivity index (χ3v) is 5.03. The number of halogens is 4. The normalized spacial score (nSPS) is 18.0. The molecule has 0 aromatic heterocycles. The first-order chi connectivity index (χ1) is 15.7. The number of rotatable bonds is 3. The Hall–Kier alpha value is -3.60. The first-order valence-electron chi connectivity index (χ1n) is 10.00. The number of alkyl halides is 3. The molecule has 2 heterocycles. The van der Waals surface area contributed by atoms with Crippen LogP contribution in [0.1, 0.15) is 33.5 Å². The molecular weight excluding hydrogens is 442 g/mol. The summed E-state index contributed by atoms with van der Waals surface area (Å²) in [5.74, 6) is -0.664. The molecule has 7 nitrogen and oxygen atoms in total. The Labute approximate surface area is 186 Å². The monoisotopic (exact) mass is 461 g/mol. The van der Waals surface area contributed by atoms with E-state index in [1.54, 1.807) is 19.1 Å². The quantitative estimate of drug-likeness (QED) is 0.417. The molecule has 0 aliphatic carbocycles. The van der Waals surface area contributed by atoms with E-state index in [0.717, 1.165) is 24.3 Å². The van der Waals surface area contributed by atoms with Crippen LogP contribution in [-0.4, -0.2) is 42.7 Å². The van der Waals surface area contributed by atoms with E-state index < -0.39 is 17.6 Å². The molecule has 4 rings (SSSR count). The highest BCUT2D eigenvalue weighted by Gasteiger charge is 2.30. The van der Waals surface area contributed by atoms with Gasteiger partial charge in [-0.15, -0.1) is 0 Å². The van der Waals surface area contributed by atoms with E-state index in [1.807, 2.05) is 0 Å². The van der Waals surface area contributed by atoms with Crippen LogP contribution in [0.15, 0.2) is 57.6 Å². The summed E-state index contributed by atoms with van der Waals surface area (Å²) >= 11 is 0. The molecule has 2 aromatic rings. The lowest BCUT2D eigenvalue weighted by atomic mass is 10.1. The molecule has 1 fully saturated rings. The number of hydrogen-bond donors (Lipinski definition) is 2. The van der Waals surface area contributed by atoms with Gasteiger partial charge in [-0.1, -0.05) is 12.1 Å². The zero-order valence-corrected chi connectivity index (χ0v) is 17.4. The van der Waals surface area contributed by atoms with Crippen LogP contribution in [-0.2, 0) is 10.9 Å². The molecule has 0 spiro atoms. The second kappa shape index (κ2) is 9.10. The van der Waals surface area contributed by atoms with Crippen molar-refractivity contribution in [2.24, 2.45) is 15.1 Å². The number of benzene rings is 2. The lowest BCUT2D eigenvalue weighted by molar-refractivity contribution is -0.137. The lowest BCUT2D eigenvalue weighted by Gasteiger charge is -2.22. The Bertz CT molecular complexity index is 1150. The summed E-state index contributed by atoms with van der Waals surface area (Å²) in [6, 6.07) is 8.39. The van der Waals surface area contributed by atoms with Gasteiger partial charge in [-0.3, -0.25) is 15.5 Å². The Morgan fingerprint density at radius 1 is 1.18 bits per heavy atom. The standard InChI is InChI=1S/C22H19F4N5O2/c1-12-2-3-14(8-17(12)23)18-9-19(31-30-18)28-21(27-16-10-33-11-16)29-20(32)13-4-6-15(7-5-13)22(24,25)26/h2-8,16H,9-11H2,1H3,(H2,27,28,29,31,32). The van der Waals surface area contributed by atoms with Crippen molar-refractivity contribution in [2.75, 3.05) is 13.2 Å². The summed E-state index contributed by atoms with van der Waals surface area (Å²) in [6.45, 7) is 2.39. The first-order valence-corrected chi connectivity index (χ1v) is 10.00. The van der Waals surface area contributed by atoms with Crippen molar-refractivity contribution in [1.29, 1.82) is 0 Å². The average molecular weight is 461 g/mol. The predicted molar refractivity (Wildman–Crippen MR) is 114 cm³/mol. The van der Waals surface area contributed by atoms with Gasteiger partial charge in [-0.05, 0) is 42.8 Å². The molecule has 1 saturated heterocycles. The molecule has 172 valence electrons.